The Labute approximate surface area is 167 Å². The van der Waals surface area contributed by atoms with Crippen LogP contribution in [0.5, 0.6) is 5.75 Å². The third-order valence-corrected chi connectivity index (χ3v) is 6.00. The van der Waals surface area contributed by atoms with Crippen molar-refractivity contribution in [3.05, 3.63) is 58.7 Å². The molecule has 6 heteroatoms. The van der Waals surface area contributed by atoms with Crippen LogP contribution >= 0.6 is 0 Å². The highest BCUT2D eigenvalue weighted by Gasteiger charge is 2.35. The number of benzene rings is 2. The first-order valence-electron chi connectivity index (χ1n) is 9.74. The second-order valence-corrected chi connectivity index (χ2v) is 8.04. The van der Waals surface area contributed by atoms with E-state index in [0.717, 1.165) is 27.8 Å². The third-order valence-electron chi connectivity index (χ3n) is 6.00. The molecule has 4 aromatic rings. The molecule has 0 saturated heterocycles. The molecule has 0 amide bonds. The van der Waals surface area contributed by atoms with Crippen LogP contribution in [0.4, 0.5) is 4.39 Å². The maximum absolute atomic E-state index is 14.3. The Hall–Kier alpha value is -3.33. The molecule has 2 heterocycles. The van der Waals surface area contributed by atoms with Gasteiger partial charge >= 0.3 is 0 Å². The molecule has 1 saturated carbocycles. The summed E-state index contributed by atoms with van der Waals surface area (Å²) in [4.78, 5) is 3.60. The zero-order valence-corrected chi connectivity index (χ0v) is 16.6. The van der Waals surface area contributed by atoms with Crippen LogP contribution in [-0.2, 0) is 6.54 Å². The van der Waals surface area contributed by atoms with E-state index in [1.165, 1.54) is 18.2 Å². The Morgan fingerprint density at radius 1 is 1.31 bits per heavy atom. The Balaban J connectivity index is 1.63. The summed E-state index contributed by atoms with van der Waals surface area (Å²) in [5.41, 5.74) is 5.27. The molecule has 1 aliphatic carbocycles. The number of fused-ring (bicyclic) bond motifs is 2. The third kappa shape index (κ3) is 2.85. The molecular formula is C23H21FN4O. The standard InChI is InChI=1S/C23H21FN4O/c1-12-4-15(12)20-8-16-17(22(29-3)5-13(2)23(16)26-20)10-28-11-18-19(24)6-14(9-25)7-21(18)27-28/h5-8,11-12,15,26H,4,10H2,1-3H3/t12?,15-/m0/s1. The Bertz CT molecular complexity index is 1310. The molecule has 5 nitrogen and oxygen atoms in total. The lowest BCUT2D eigenvalue weighted by atomic mass is 10.0. The van der Waals surface area contributed by atoms with Crippen LogP contribution in [0.1, 0.15) is 41.6 Å². The van der Waals surface area contributed by atoms with Crippen LogP contribution in [0.15, 0.2) is 30.5 Å². The average molecular weight is 388 g/mol. The molecule has 0 bridgehead atoms. The van der Waals surface area contributed by atoms with E-state index < -0.39 is 5.82 Å². The fourth-order valence-corrected chi connectivity index (χ4v) is 4.25. The number of aromatic nitrogens is 3. The predicted octanol–water partition coefficient (Wildman–Crippen LogP) is 5.02. The van der Waals surface area contributed by atoms with Crippen molar-refractivity contribution in [3.63, 3.8) is 0 Å². The summed E-state index contributed by atoms with van der Waals surface area (Å²) < 4.78 is 21.7. The summed E-state index contributed by atoms with van der Waals surface area (Å²) in [6.07, 6.45) is 2.90. The van der Waals surface area contributed by atoms with Crippen molar-refractivity contribution in [2.24, 2.45) is 5.92 Å². The first-order valence-corrected chi connectivity index (χ1v) is 9.74. The van der Waals surface area contributed by atoms with Crippen molar-refractivity contribution in [2.45, 2.75) is 32.7 Å². The molecule has 1 unspecified atom stereocenters. The number of aryl methyl sites for hydroxylation is 1. The van der Waals surface area contributed by atoms with Gasteiger partial charge in [-0.3, -0.25) is 4.68 Å². The van der Waals surface area contributed by atoms with Gasteiger partial charge in [-0.05, 0) is 49.1 Å². The normalized spacial score (nSPS) is 18.3. The highest BCUT2D eigenvalue weighted by Crippen LogP contribution is 2.48. The second-order valence-electron chi connectivity index (χ2n) is 8.04. The number of methoxy groups -OCH3 is 1. The molecule has 2 aromatic carbocycles. The summed E-state index contributed by atoms with van der Waals surface area (Å²) >= 11 is 0. The van der Waals surface area contributed by atoms with Gasteiger partial charge in [0.05, 0.1) is 36.2 Å². The summed E-state index contributed by atoms with van der Waals surface area (Å²) in [5.74, 6) is 1.66. The van der Waals surface area contributed by atoms with Gasteiger partial charge in [0, 0.05) is 34.3 Å². The highest BCUT2D eigenvalue weighted by atomic mass is 19.1. The lowest BCUT2D eigenvalue weighted by molar-refractivity contribution is 0.408. The van der Waals surface area contributed by atoms with Crippen molar-refractivity contribution in [3.8, 4) is 11.8 Å². The van der Waals surface area contributed by atoms with Crippen molar-refractivity contribution in [2.75, 3.05) is 7.11 Å². The lowest BCUT2D eigenvalue weighted by Crippen LogP contribution is -2.03. The monoisotopic (exact) mass is 388 g/mol. The summed E-state index contributed by atoms with van der Waals surface area (Å²) in [7, 11) is 1.67. The minimum absolute atomic E-state index is 0.268. The quantitative estimate of drug-likeness (QED) is 0.534. The smallest absolute Gasteiger partial charge is 0.135 e. The maximum atomic E-state index is 14.3. The number of aromatic amines is 1. The summed E-state index contributed by atoms with van der Waals surface area (Å²) in [6.45, 7) is 4.80. The van der Waals surface area contributed by atoms with E-state index in [1.807, 2.05) is 12.1 Å². The van der Waals surface area contributed by atoms with Crippen LogP contribution < -0.4 is 4.74 Å². The van der Waals surface area contributed by atoms with Crippen LogP contribution in [0, 0.1) is 30.0 Å². The van der Waals surface area contributed by atoms with Crippen LogP contribution in [0.3, 0.4) is 0 Å². The summed E-state index contributed by atoms with van der Waals surface area (Å²) in [6, 6.07) is 9.09. The van der Waals surface area contributed by atoms with Gasteiger partial charge in [-0.1, -0.05) is 6.92 Å². The molecule has 1 N–H and O–H groups in total. The Morgan fingerprint density at radius 3 is 2.79 bits per heavy atom. The molecule has 0 spiro atoms. The van der Waals surface area contributed by atoms with E-state index in [2.05, 4.69) is 30.0 Å². The topological polar surface area (TPSA) is 66.6 Å². The molecule has 5 rings (SSSR count). The number of hydrogen-bond donors (Lipinski definition) is 1. The first kappa shape index (κ1) is 17.7. The van der Waals surface area contributed by atoms with Crippen molar-refractivity contribution < 1.29 is 9.13 Å². The maximum Gasteiger partial charge on any atom is 0.135 e. The summed E-state index contributed by atoms with van der Waals surface area (Å²) in [5, 5.41) is 15.1. The van der Waals surface area contributed by atoms with Crippen LogP contribution in [-0.4, -0.2) is 21.9 Å². The van der Waals surface area contributed by atoms with Crippen LogP contribution in [0.25, 0.3) is 21.8 Å². The molecule has 1 fully saturated rings. The molecule has 146 valence electrons. The van der Waals surface area contributed by atoms with E-state index in [0.29, 0.717) is 29.3 Å². The number of halogens is 1. The van der Waals surface area contributed by atoms with Gasteiger partial charge in [0.15, 0.2) is 0 Å². The number of rotatable bonds is 4. The van der Waals surface area contributed by atoms with Crippen molar-refractivity contribution >= 4 is 21.8 Å². The number of nitrogens with one attached hydrogen (secondary N) is 1. The Kier molecular flexibility index (Phi) is 3.88. The van der Waals surface area contributed by atoms with Gasteiger partial charge < -0.3 is 9.72 Å². The van der Waals surface area contributed by atoms with E-state index in [9.17, 15) is 4.39 Å². The lowest BCUT2D eigenvalue weighted by Gasteiger charge is -2.12. The fourth-order valence-electron chi connectivity index (χ4n) is 4.25. The number of nitrogens with zero attached hydrogens (tertiary/aromatic N) is 3. The average Bonchev–Trinajstić information content (AvgIpc) is 3.10. The molecule has 0 radical (unpaired) electrons. The van der Waals surface area contributed by atoms with Crippen LogP contribution in [0.2, 0.25) is 0 Å². The minimum atomic E-state index is -0.432. The van der Waals surface area contributed by atoms with Gasteiger partial charge in [0.1, 0.15) is 11.6 Å². The predicted molar refractivity (Wildman–Crippen MR) is 110 cm³/mol. The molecule has 29 heavy (non-hydrogen) atoms. The van der Waals surface area contributed by atoms with Gasteiger partial charge in [-0.2, -0.15) is 10.4 Å². The van der Waals surface area contributed by atoms with Gasteiger partial charge in [0.2, 0.25) is 0 Å². The minimum Gasteiger partial charge on any atom is -0.496 e. The SMILES string of the molecule is COc1cc(C)c2[nH]c([C@H]3CC3C)cc2c1Cn1cc2c(F)cc(C#N)cc2n1. The van der Waals surface area contributed by atoms with E-state index >= 15 is 0 Å². The number of H-pyrrole nitrogens is 1. The molecular weight excluding hydrogens is 367 g/mol. The van der Waals surface area contributed by atoms with Crippen molar-refractivity contribution in [1.82, 2.24) is 14.8 Å². The Morgan fingerprint density at radius 2 is 2.10 bits per heavy atom. The van der Waals surface area contributed by atoms with Gasteiger partial charge in [0.25, 0.3) is 0 Å². The fraction of sp³-hybridized carbons (Fsp3) is 0.304. The van der Waals surface area contributed by atoms with E-state index in [4.69, 9.17) is 10.00 Å². The molecule has 0 aliphatic heterocycles. The second kappa shape index (κ2) is 6.35. The highest BCUT2D eigenvalue weighted by molar-refractivity contribution is 5.89. The molecule has 2 aromatic heterocycles. The number of ether oxygens (including phenoxy) is 1. The largest absolute Gasteiger partial charge is 0.496 e. The van der Waals surface area contributed by atoms with Gasteiger partial charge in [-0.15, -0.1) is 0 Å². The molecule has 2 atom stereocenters. The number of nitriles is 1. The van der Waals surface area contributed by atoms with Gasteiger partial charge in [-0.25, -0.2) is 4.39 Å². The zero-order valence-electron chi connectivity index (χ0n) is 16.6. The van der Waals surface area contributed by atoms with E-state index in [1.54, 1.807) is 24.1 Å². The first-order chi connectivity index (χ1) is 14.0. The molecule has 1 aliphatic rings. The van der Waals surface area contributed by atoms with E-state index in [-0.39, 0.29) is 5.56 Å². The van der Waals surface area contributed by atoms with Crippen molar-refractivity contribution in [1.29, 1.82) is 5.26 Å². The zero-order chi connectivity index (χ0) is 20.3. The number of hydrogen-bond acceptors (Lipinski definition) is 3.